The lowest BCUT2D eigenvalue weighted by Gasteiger charge is -2.20. The van der Waals surface area contributed by atoms with Gasteiger partial charge >= 0.3 is 5.97 Å². The van der Waals surface area contributed by atoms with Gasteiger partial charge in [0.1, 0.15) is 18.0 Å². The summed E-state index contributed by atoms with van der Waals surface area (Å²) in [7, 11) is 3.21. The lowest BCUT2D eigenvalue weighted by molar-refractivity contribution is -0.141. The van der Waals surface area contributed by atoms with E-state index in [0.717, 1.165) is 24.3 Å². The van der Waals surface area contributed by atoms with Crippen molar-refractivity contribution in [3.05, 3.63) is 51.6 Å². The number of halogens is 2. The molecule has 0 saturated heterocycles. The molecular weight excluding hydrogens is 705 g/mol. The maximum Gasteiger partial charge on any atom is 0.307 e. The molecule has 1 atom stereocenters. The Kier molecular flexibility index (Phi) is 22.5. The van der Waals surface area contributed by atoms with Crippen LogP contribution >= 0.6 is 23.2 Å². The number of pyridine rings is 1. The average Bonchev–Trinajstić information content (AvgIpc) is 3.07. The number of carbonyl (C=O) groups excluding carboxylic acids is 4. The van der Waals surface area contributed by atoms with Gasteiger partial charge in [-0.2, -0.15) is 0 Å². The number of hydrogen-bond donors (Lipinski definition) is 3. The number of benzene rings is 1. The van der Waals surface area contributed by atoms with Crippen molar-refractivity contribution in [3.8, 4) is 5.75 Å². The molecule has 2 rings (SSSR count). The number of anilines is 1. The van der Waals surface area contributed by atoms with Gasteiger partial charge in [0.25, 0.3) is 6.47 Å². The van der Waals surface area contributed by atoms with Crippen LogP contribution in [0.5, 0.6) is 5.75 Å². The summed E-state index contributed by atoms with van der Waals surface area (Å²) in [4.78, 5) is 53.1. The lowest BCUT2D eigenvalue weighted by Crippen LogP contribution is -2.39. The highest BCUT2D eigenvalue weighted by atomic mass is 35.5. The molecule has 0 aliphatic heterocycles. The van der Waals surface area contributed by atoms with Crippen LogP contribution in [-0.4, -0.2) is 102 Å². The van der Waals surface area contributed by atoms with E-state index >= 15 is 0 Å². The van der Waals surface area contributed by atoms with Crippen molar-refractivity contribution < 1.29 is 42.9 Å². The summed E-state index contributed by atoms with van der Waals surface area (Å²) < 4.78 is 25.7. The van der Waals surface area contributed by atoms with Gasteiger partial charge in [0.2, 0.25) is 11.8 Å². The molecule has 0 fully saturated rings. The summed E-state index contributed by atoms with van der Waals surface area (Å²) in [5.41, 5.74) is 6.64. The predicted octanol–water partition coefficient (Wildman–Crippen LogP) is 4.17. The molecule has 51 heavy (non-hydrogen) atoms. The largest absolute Gasteiger partial charge is 0.488 e. The normalized spacial score (nSPS) is 11.4. The van der Waals surface area contributed by atoms with Gasteiger partial charge in [-0.15, -0.1) is 0 Å². The SMILES string of the molecule is CC(C)(C)OC=O.COC(=O)CC(NC(=O)CNC(=O)CCCCN(C)c1cc(C)ccn1)c1cc(Cl)c(OCCOCCOCCN)c(Cl)c1. The van der Waals surface area contributed by atoms with Gasteiger partial charge in [-0.1, -0.05) is 23.2 Å². The van der Waals surface area contributed by atoms with Gasteiger partial charge in [0.15, 0.2) is 5.75 Å². The number of nitrogens with two attached hydrogens (primary N) is 1. The molecule has 0 aliphatic carbocycles. The average molecular weight is 759 g/mol. The van der Waals surface area contributed by atoms with E-state index in [0.29, 0.717) is 44.8 Å². The molecule has 0 radical (unpaired) electrons. The highest BCUT2D eigenvalue weighted by Gasteiger charge is 2.22. The van der Waals surface area contributed by atoms with E-state index in [2.05, 4.69) is 20.4 Å². The van der Waals surface area contributed by atoms with Crippen molar-refractivity contribution in [1.29, 1.82) is 0 Å². The van der Waals surface area contributed by atoms with Crippen LogP contribution in [0.25, 0.3) is 0 Å². The fraction of sp³-hybridized carbons (Fsp3) is 0.571. The Morgan fingerprint density at radius 1 is 1.00 bits per heavy atom. The molecule has 0 aliphatic rings. The van der Waals surface area contributed by atoms with E-state index < -0.39 is 17.9 Å². The van der Waals surface area contributed by atoms with Crippen molar-refractivity contribution >= 4 is 53.3 Å². The van der Waals surface area contributed by atoms with Gasteiger partial charge in [-0.25, -0.2) is 4.98 Å². The molecule has 286 valence electrons. The van der Waals surface area contributed by atoms with Crippen LogP contribution in [0, 0.1) is 6.92 Å². The number of nitrogens with one attached hydrogen (secondary N) is 2. The number of hydrogen-bond acceptors (Lipinski definition) is 12. The lowest BCUT2D eigenvalue weighted by atomic mass is 10.0. The molecule has 1 aromatic carbocycles. The van der Waals surface area contributed by atoms with Crippen LogP contribution in [0.2, 0.25) is 10.0 Å². The Morgan fingerprint density at radius 3 is 2.22 bits per heavy atom. The minimum absolute atomic E-state index is 0.174. The number of aryl methyl sites for hydroxylation is 1. The molecule has 0 saturated carbocycles. The van der Waals surface area contributed by atoms with E-state index in [1.807, 2.05) is 51.8 Å². The minimum atomic E-state index is -0.807. The van der Waals surface area contributed by atoms with Crippen molar-refractivity contribution in [2.45, 2.75) is 65.0 Å². The Balaban J connectivity index is 0.00000167. The van der Waals surface area contributed by atoms with Gasteiger partial charge < -0.3 is 45.0 Å². The number of aromatic nitrogens is 1. The predicted molar refractivity (Wildman–Crippen MR) is 196 cm³/mol. The third kappa shape index (κ3) is 20.7. The zero-order valence-corrected chi connectivity index (χ0v) is 31.9. The van der Waals surface area contributed by atoms with Crippen LogP contribution in [0.15, 0.2) is 30.5 Å². The van der Waals surface area contributed by atoms with E-state index in [-0.39, 0.29) is 59.9 Å². The maximum absolute atomic E-state index is 12.7. The first-order chi connectivity index (χ1) is 24.2. The highest BCUT2D eigenvalue weighted by molar-refractivity contribution is 6.37. The zero-order chi connectivity index (χ0) is 38.2. The number of esters is 1. The van der Waals surface area contributed by atoms with E-state index in [4.69, 9.17) is 47.9 Å². The van der Waals surface area contributed by atoms with E-state index in [1.165, 1.54) is 7.11 Å². The molecule has 1 unspecified atom stereocenters. The molecule has 0 bridgehead atoms. The van der Waals surface area contributed by atoms with Gasteiger partial charge in [0, 0.05) is 32.8 Å². The highest BCUT2D eigenvalue weighted by Crippen LogP contribution is 2.36. The molecule has 1 heterocycles. The zero-order valence-electron chi connectivity index (χ0n) is 30.4. The Morgan fingerprint density at radius 2 is 1.65 bits per heavy atom. The maximum atomic E-state index is 12.7. The molecular formula is C35H53Cl2N5O9. The number of ether oxygens (including phenoxy) is 5. The van der Waals surface area contributed by atoms with Crippen molar-refractivity contribution in [3.63, 3.8) is 0 Å². The van der Waals surface area contributed by atoms with Crippen LogP contribution in [0.1, 0.15) is 63.6 Å². The van der Waals surface area contributed by atoms with Gasteiger partial charge in [-0.3, -0.25) is 19.2 Å². The van der Waals surface area contributed by atoms with E-state index in [1.54, 1.807) is 18.3 Å². The third-order valence-corrected chi connectivity index (χ3v) is 7.31. The van der Waals surface area contributed by atoms with Crippen LogP contribution in [-0.2, 0) is 38.1 Å². The number of unbranched alkanes of at least 4 members (excludes halogenated alkanes) is 1. The molecule has 14 nitrogen and oxygen atoms in total. The van der Waals surface area contributed by atoms with Crippen molar-refractivity contribution in [2.75, 3.05) is 71.7 Å². The summed E-state index contributed by atoms with van der Waals surface area (Å²) in [6.07, 6.45) is 3.30. The first kappa shape index (κ1) is 45.3. The summed E-state index contributed by atoms with van der Waals surface area (Å²) in [5.74, 6) is -0.163. The van der Waals surface area contributed by atoms with Crippen molar-refractivity contribution in [1.82, 2.24) is 15.6 Å². The third-order valence-electron chi connectivity index (χ3n) is 6.75. The van der Waals surface area contributed by atoms with Crippen LogP contribution < -0.4 is 26.0 Å². The summed E-state index contributed by atoms with van der Waals surface area (Å²) in [6.45, 7) is 10.6. The second-order valence-electron chi connectivity index (χ2n) is 12.2. The Hall–Kier alpha value is -3.69. The summed E-state index contributed by atoms with van der Waals surface area (Å²) in [6, 6.07) is 6.25. The van der Waals surface area contributed by atoms with Gasteiger partial charge in [-0.05, 0) is 75.9 Å². The first-order valence-corrected chi connectivity index (χ1v) is 17.3. The minimum Gasteiger partial charge on any atom is -0.488 e. The Labute approximate surface area is 310 Å². The van der Waals surface area contributed by atoms with E-state index in [9.17, 15) is 19.2 Å². The quantitative estimate of drug-likeness (QED) is 0.0888. The molecule has 0 spiro atoms. The molecule has 4 N–H and O–H groups in total. The summed E-state index contributed by atoms with van der Waals surface area (Å²) in [5, 5.41) is 5.76. The van der Waals surface area contributed by atoms with Crippen molar-refractivity contribution in [2.24, 2.45) is 5.73 Å². The molecule has 2 amide bonds. The molecule has 1 aromatic heterocycles. The van der Waals surface area contributed by atoms with Gasteiger partial charge in [0.05, 0.1) is 62.6 Å². The monoisotopic (exact) mass is 757 g/mol. The topological polar surface area (TPSA) is 181 Å². The van der Waals surface area contributed by atoms with Crippen LogP contribution in [0.3, 0.4) is 0 Å². The number of carbonyl (C=O) groups is 4. The number of methoxy groups -OCH3 is 1. The molecule has 16 heteroatoms. The number of amides is 2. The second-order valence-corrected chi connectivity index (χ2v) is 13.1. The van der Waals surface area contributed by atoms with Crippen LogP contribution in [0.4, 0.5) is 5.82 Å². The number of nitrogens with zero attached hydrogens (tertiary/aromatic N) is 2. The summed E-state index contributed by atoms with van der Waals surface area (Å²) >= 11 is 12.9. The Bertz CT molecular complexity index is 1340. The molecule has 2 aromatic rings. The first-order valence-electron chi connectivity index (χ1n) is 16.6. The smallest absolute Gasteiger partial charge is 0.307 e. The number of rotatable bonds is 22. The fourth-order valence-electron chi connectivity index (χ4n) is 4.16. The fourth-order valence-corrected chi connectivity index (χ4v) is 4.78. The second kappa shape index (κ2) is 25.3. The standard InChI is InChI=1S/C30H43Cl2N5O7.C5H10O2/c1-21-7-9-34-26(16-21)37(2)10-5-4-6-27(38)35-20-28(39)36-25(19-29(40)41-3)22-17-23(31)30(24(32)18-22)44-15-14-43-13-12-42-11-8-33;1-5(2,3)7-4-6/h7,9,16-18,25H,4-6,8,10-15,19-20,33H2,1-3H3,(H,35,38)(H,36,39);4H,1-3H3.